The third kappa shape index (κ3) is 4.02. The van der Waals surface area contributed by atoms with Gasteiger partial charge in [0.15, 0.2) is 5.13 Å². The predicted octanol–water partition coefficient (Wildman–Crippen LogP) is 3.76. The highest BCUT2D eigenvalue weighted by Crippen LogP contribution is 2.29. The highest BCUT2D eigenvalue weighted by molar-refractivity contribution is 7.15. The van der Waals surface area contributed by atoms with Crippen LogP contribution in [0.5, 0.6) is 0 Å². The fourth-order valence-corrected chi connectivity index (χ4v) is 3.42. The lowest BCUT2D eigenvalue weighted by molar-refractivity contribution is -0.115. The van der Waals surface area contributed by atoms with E-state index in [9.17, 15) is 9.18 Å². The van der Waals surface area contributed by atoms with E-state index in [1.165, 1.54) is 29.9 Å². The van der Waals surface area contributed by atoms with Crippen LogP contribution in [0.1, 0.15) is 29.0 Å². The Kier molecular flexibility index (Phi) is 5.31. The summed E-state index contributed by atoms with van der Waals surface area (Å²) in [7, 11) is 0. The van der Waals surface area contributed by atoms with Crippen molar-refractivity contribution in [3.8, 4) is 0 Å². The number of nitrogens with one attached hydrogen (secondary N) is 1. The first-order chi connectivity index (χ1) is 9.70. The lowest BCUT2D eigenvalue weighted by Crippen LogP contribution is -2.14. The van der Waals surface area contributed by atoms with Gasteiger partial charge < -0.3 is 5.32 Å². The van der Waals surface area contributed by atoms with E-state index in [0.717, 1.165) is 24.1 Å². The van der Waals surface area contributed by atoms with Crippen LogP contribution in [0.4, 0.5) is 9.52 Å². The largest absolute Gasteiger partial charge is 0.302 e. The maximum atomic E-state index is 12.8. The van der Waals surface area contributed by atoms with Gasteiger partial charge in [0.25, 0.3) is 0 Å². The summed E-state index contributed by atoms with van der Waals surface area (Å²) in [6, 6.07) is 5.99. The summed E-state index contributed by atoms with van der Waals surface area (Å²) in [6.07, 6.45) is 4.71. The van der Waals surface area contributed by atoms with Gasteiger partial charge in [0.05, 0.1) is 12.1 Å². The van der Waals surface area contributed by atoms with Gasteiger partial charge in [-0.05, 0) is 43.4 Å². The van der Waals surface area contributed by atoms with Crippen LogP contribution < -0.4 is 5.32 Å². The van der Waals surface area contributed by atoms with Crippen molar-refractivity contribution in [3.05, 3.63) is 46.2 Å². The molecule has 0 fully saturated rings. The van der Waals surface area contributed by atoms with Crippen molar-refractivity contribution < 1.29 is 9.18 Å². The molecule has 0 bridgehead atoms. The second-order valence-electron chi connectivity index (χ2n) is 4.95. The molecule has 0 saturated carbocycles. The van der Waals surface area contributed by atoms with E-state index in [-0.39, 0.29) is 30.6 Å². The maximum absolute atomic E-state index is 12.8. The van der Waals surface area contributed by atoms with E-state index in [2.05, 4.69) is 10.3 Å². The molecular formula is C15H16ClFN2OS. The van der Waals surface area contributed by atoms with E-state index in [0.29, 0.717) is 5.13 Å². The summed E-state index contributed by atoms with van der Waals surface area (Å²) in [6.45, 7) is 0. The number of rotatable bonds is 3. The first-order valence-electron chi connectivity index (χ1n) is 6.73. The Hall–Kier alpha value is -1.46. The Morgan fingerprint density at radius 3 is 2.67 bits per heavy atom. The monoisotopic (exact) mass is 326 g/mol. The maximum Gasteiger partial charge on any atom is 0.230 e. The zero-order valence-corrected chi connectivity index (χ0v) is 13.0. The molecule has 0 saturated heterocycles. The number of carbonyl (C=O) groups excluding carboxylic acids is 1. The van der Waals surface area contributed by atoms with Crippen molar-refractivity contribution >= 4 is 34.8 Å². The molecule has 21 heavy (non-hydrogen) atoms. The molecule has 1 aliphatic carbocycles. The van der Waals surface area contributed by atoms with Gasteiger partial charge in [-0.1, -0.05) is 12.1 Å². The fraction of sp³-hybridized carbons (Fsp3) is 0.333. The topological polar surface area (TPSA) is 42.0 Å². The highest BCUT2D eigenvalue weighted by Gasteiger charge is 2.16. The molecule has 1 N–H and O–H groups in total. The van der Waals surface area contributed by atoms with Gasteiger partial charge in [0.2, 0.25) is 5.91 Å². The molecule has 2 aromatic rings. The Balaban J connectivity index is 0.00000161. The van der Waals surface area contributed by atoms with Crippen LogP contribution in [0.2, 0.25) is 0 Å². The van der Waals surface area contributed by atoms with Crippen molar-refractivity contribution in [2.24, 2.45) is 0 Å². The fourth-order valence-electron chi connectivity index (χ4n) is 2.36. The first-order valence-corrected chi connectivity index (χ1v) is 7.55. The van der Waals surface area contributed by atoms with Gasteiger partial charge >= 0.3 is 0 Å². The number of hydrogen-bond donors (Lipinski definition) is 1. The van der Waals surface area contributed by atoms with Crippen molar-refractivity contribution in [3.63, 3.8) is 0 Å². The summed E-state index contributed by atoms with van der Waals surface area (Å²) in [5, 5.41) is 3.52. The molecule has 0 unspecified atom stereocenters. The van der Waals surface area contributed by atoms with Crippen LogP contribution in [0, 0.1) is 5.82 Å². The molecule has 3 nitrogen and oxygen atoms in total. The Morgan fingerprint density at radius 1 is 1.24 bits per heavy atom. The van der Waals surface area contributed by atoms with Crippen LogP contribution >= 0.6 is 23.7 Å². The summed E-state index contributed by atoms with van der Waals surface area (Å²) >= 11 is 1.57. The molecule has 0 spiro atoms. The summed E-state index contributed by atoms with van der Waals surface area (Å²) < 4.78 is 12.8. The van der Waals surface area contributed by atoms with E-state index < -0.39 is 0 Å². The second kappa shape index (κ2) is 7.00. The quantitative estimate of drug-likeness (QED) is 0.933. The number of anilines is 1. The molecule has 1 amide bonds. The summed E-state index contributed by atoms with van der Waals surface area (Å²) in [5.41, 5.74) is 1.93. The molecule has 0 radical (unpaired) electrons. The standard InChI is InChI=1S/C15H15FN2OS.ClH/c16-11-7-5-10(6-8-11)9-14(19)18-15-17-12-3-1-2-4-13(12)20-15;/h5-8H,1-4,9H2,(H,17,18,19);1H. The molecule has 0 atom stereocenters. The minimum Gasteiger partial charge on any atom is -0.302 e. The number of thiazole rings is 1. The number of amides is 1. The highest BCUT2D eigenvalue weighted by atomic mass is 35.5. The van der Waals surface area contributed by atoms with Crippen LogP contribution in [0.25, 0.3) is 0 Å². The van der Waals surface area contributed by atoms with E-state index >= 15 is 0 Å². The number of halogens is 2. The van der Waals surface area contributed by atoms with Gasteiger partial charge in [-0.3, -0.25) is 4.79 Å². The van der Waals surface area contributed by atoms with Crippen molar-refractivity contribution in [2.75, 3.05) is 5.32 Å². The van der Waals surface area contributed by atoms with Crippen LogP contribution in [0.15, 0.2) is 24.3 Å². The Morgan fingerprint density at radius 2 is 1.95 bits per heavy atom. The number of hydrogen-bond acceptors (Lipinski definition) is 3. The smallest absolute Gasteiger partial charge is 0.230 e. The zero-order valence-electron chi connectivity index (χ0n) is 11.4. The lowest BCUT2D eigenvalue weighted by Gasteiger charge is -2.06. The number of fused-ring (bicyclic) bond motifs is 1. The average molecular weight is 327 g/mol. The number of nitrogens with zero attached hydrogens (tertiary/aromatic N) is 1. The van der Waals surface area contributed by atoms with Gasteiger partial charge in [-0.25, -0.2) is 9.37 Å². The number of aromatic nitrogens is 1. The van der Waals surface area contributed by atoms with Crippen LogP contribution in [-0.2, 0) is 24.1 Å². The third-order valence-electron chi connectivity index (χ3n) is 3.37. The summed E-state index contributed by atoms with van der Waals surface area (Å²) in [5.74, 6) is -0.399. The zero-order chi connectivity index (χ0) is 13.9. The molecule has 0 aliphatic heterocycles. The average Bonchev–Trinajstić information content (AvgIpc) is 2.83. The molecule has 1 aromatic carbocycles. The lowest BCUT2D eigenvalue weighted by atomic mass is 10.0. The first kappa shape index (κ1) is 15.9. The van der Waals surface area contributed by atoms with E-state index in [1.54, 1.807) is 23.5 Å². The van der Waals surface area contributed by atoms with E-state index in [4.69, 9.17) is 0 Å². The Bertz CT molecular complexity index is 604. The van der Waals surface area contributed by atoms with E-state index in [1.807, 2.05) is 0 Å². The normalized spacial score (nSPS) is 13.2. The number of benzene rings is 1. The van der Waals surface area contributed by atoms with Crippen LogP contribution in [0.3, 0.4) is 0 Å². The molecule has 1 aromatic heterocycles. The molecule has 6 heteroatoms. The molecule has 1 heterocycles. The van der Waals surface area contributed by atoms with Crippen molar-refractivity contribution in [1.29, 1.82) is 0 Å². The molecule has 3 rings (SSSR count). The number of carbonyl (C=O) groups is 1. The van der Waals surface area contributed by atoms with Crippen molar-refractivity contribution in [1.82, 2.24) is 4.98 Å². The minimum atomic E-state index is -0.290. The molecular weight excluding hydrogens is 311 g/mol. The Labute approximate surface area is 133 Å². The van der Waals surface area contributed by atoms with Crippen molar-refractivity contribution in [2.45, 2.75) is 32.1 Å². The van der Waals surface area contributed by atoms with Gasteiger partial charge in [0.1, 0.15) is 5.82 Å². The van der Waals surface area contributed by atoms with Gasteiger partial charge in [0, 0.05) is 4.88 Å². The minimum absolute atomic E-state index is 0. The number of aryl methyl sites for hydroxylation is 2. The summed E-state index contributed by atoms with van der Waals surface area (Å²) in [4.78, 5) is 17.7. The third-order valence-corrected chi connectivity index (χ3v) is 4.44. The van der Waals surface area contributed by atoms with Gasteiger partial charge in [-0.15, -0.1) is 23.7 Å². The predicted molar refractivity (Wildman–Crippen MR) is 84.7 cm³/mol. The second-order valence-corrected chi connectivity index (χ2v) is 6.03. The van der Waals surface area contributed by atoms with Gasteiger partial charge in [-0.2, -0.15) is 0 Å². The van der Waals surface area contributed by atoms with Crippen LogP contribution in [-0.4, -0.2) is 10.9 Å². The molecule has 1 aliphatic rings. The SMILES string of the molecule is Cl.O=C(Cc1ccc(F)cc1)Nc1nc2c(s1)CCCC2. The molecule has 112 valence electrons.